The SMILES string of the molecule is Cc1cc(C)c(B(c2ccc(N(c3nc(-c4ccc(-c5ccccc5)cc4)nc(-c4cccc(-c5ccccc5)c4)n3)c3ccccc3-c3ccccc3)cc2)c2c(C)cc(C)cc2C)c(C)c1. The van der Waals surface area contributed by atoms with Gasteiger partial charge in [-0.3, -0.25) is 4.90 Å². The molecule has 0 atom stereocenters. The van der Waals surface area contributed by atoms with Crippen LogP contribution in [0.25, 0.3) is 56.2 Å². The van der Waals surface area contributed by atoms with E-state index in [2.05, 4.69) is 247 Å². The van der Waals surface area contributed by atoms with Crippen LogP contribution in [-0.4, -0.2) is 21.7 Å². The molecule has 0 aliphatic carbocycles. The molecule has 328 valence electrons. The first-order valence-corrected chi connectivity index (χ1v) is 23.5. The highest BCUT2D eigenvalue weighted by Gasteiger charge is 2.29. The number of aromatic nitrogens is 3. The van der Waals surface area contributed by atoms with Gasteiger partial charge in [-0.05, 0) is 93.6 Å². The molecule has 0 radical (unpaired) electrons. The second-order valence-corrected chi connectivity index (χ2v) is 18.0. The normalized spacial score (nSPS) is 11.1. The molecule has 0 aliphatic heterocycles. The van der Waals surface area contributed by atoms with Gasteiger partial charge in [-0.25, -0.2) is 4.98 Å². The minimum absolute atomic E-state index is 0.0291. The van der Waals surface area contributed by atoms with Gasteiger partial charge >= 0.3 is 0 Å². The third-order valence-corrected chi connectivity index (χ3v) is 13.1. The highest BCUT2D eigenvalue weighted by Crippen LogP contribution is 2.40. The first kappa shape index (κ1) is 43.7. The third-order valence-electron chi connectivity index (χ3n) is 13.1. The van der Waals surface area contributed by atoms with E-state index in [4.69, 9.17) is 15.0 Å². The van der Waals surface area contributed by atoms with Crippen molar-refractivity contribution >= 4 is 40.4 Å². The van der Waals surface area contributed by atoms with Gasteiger partial charge in [-0.1, -0.05) is 238 Å². The van der Waals surface area contributed by atoms with Gasteiger partial charge in [-0.15, -0.1) is 0 Å². The summed E-state index contributed by atoms with van der Waals surface area (Å²) in [5.74, 6) is 1.69. The number of hydrogen-bond acceptors (Lipinski definition) is 4. The van der Waals surface area contributed by atoms with E-state index >= 15 is 0 Å². The van der Waals surface area contributed by atoms with Gasteiger partial charge in [0.15, 0.2) is 11.6 Å². The van der Waals surface area contributed by atoms with Crippen LogP contribution < -0.4 is 21.3 Å². The van der Waals surface area contributed by atoms with Gasteiger partial charge in [-0.2, -0.15) is 9.97 Å². The van der Waals surface area contributed by atoms with E-state index in [9.17, 15) is 0 Å². The zero-order valence-electron chi connectivity index (χ0n) is 39.6. The Hall–Kier alpha value is -8.15. The second-order valence-electron chi connectivity index (χ2n) is 18.0. The van der Waals surface area contributed by atoms with Gasteiger partial charge in [0, 0.05) is 22.4 Å². The molecule has 5 heteroatoms. The number of para-hydroxylation sites is 1. The predicted molar refractivity (Wildman–Crippen MR) is 288 cm³/mol. The van der Waals surface area contributed by atoms with Gasteiger partial charge < -0.3 is 0 Å². The Labute approximate surface area is 401 Å². The van der Waals surface area contributed by atoms with Crippen LogP contribution >= 0.6 is 0 Å². The van der Waals surface area contributed by atoms with Crippen LogP contribution in [0.4, 0.5) is 17.3 Å². The Morgan fingerprint density at radius 1 is 0.338 bits per heavy atom. The maximum absolute atomic E-state index is 5.44. The molecule has 1 heterocycles. The van der Waals surface area contributed by atoms with Crippen molar-refractivity contribution in [2.45, 2.75) is 41.5 Å². The quantitative estimate of drug-likeness (QED) is 0.121. The van der Waals surface area contributed by atoms with Gasteiger partial charge in [0.1, 0.15) is 0 Å². The largest absolute Gasteiger partial charge is 0.278 e. The number of rotatable bonds is 11. The number of aryl methyl sites for hydroxylation is 6. The summed E-state index contributed by atoms with van der Waals surface area (Å²) in [6.45, 7) is 13.5. The van der Waals surface area contributed by atoms with Crippen molar-refractivity contribution in [3.63, 3.8) is 0 Å². The molecule has 68 heavy (non-hydrogen) atoms. The smallest absolute Gasteiger partial charge is 0.242 e. The molecule has 0 unspecified atom stereocenters. The molecular weight excluding hydrogens is 824 g/mol. The van der Waals surface area contributed by atoms with E-state index in [-0.39, 0.29) is 6.71 Å². The Morgan fingerprint density at radius 2 is 0.765 bits per heavy atom. The minimum atomic E-state index is 0.0291. The maximum Gasteiger partial charge on any atom is 0.242 e. The van der Waals surface area contributed by atoms with Crippen molar-refractivity contribution in [1.82, 2.24) is 15.0 Å². The fraction of sp³-hybridized carbons (Fsp3) is 0.0952. The fourth-order valence-corrected chi connectivity index (χ4v) is 10.1. The standard InChI is InChI=1S/C63H53BN4/c1-42-37-44(3)59(45(4)38-42)64(60-46(5)39-43(2)40-47(60)6)55-33-35-56(36-34-55)68(58-28-17-16-27-57(58)51-23-14-9-15-24-51)63-66-61(52-31-29-50(30-32-52)48-19-10-7-11-20-48)65-62(67-63)54-26-18-25-53(41-54)49-21-12-8-13-22-49/h7-41H,1-6H3. The van der Waals surface area contributed by atoms with Crippen molar-refractivity contribution in [2.24, 2.45) is 0 Å². The van der Waals surface area contributed by atoms with E-state index in [1.54, 1.807) is 0 Å². The average Bonchev–Trinajstić information content (AvgIpc) is 3.37. The molecule has 0 amide bonds. The second kappa shape index (κ2) is 19.0. The Balaban J connectivity index is 1.19. The van der Waals surface area contributed by atoms with Gasteiger partial charge in [0.05, 0.1) is 5.69 Å². The van der Waals surface area contributed by atoms with Crippen molar-refractivity contribution in [2.75, 3.05) is 4.90 Å². The summed E-state index contributed by atoms with van der Waals surface area (Å²) in [6, 6.07) is 75.5. The molecule has 0 spiro atoms. The number of benzene rings is 9. The van der Waals surface area contributed by atoms with Crippen molar-refractivity contribution in [3.05, 3.63) is 246 Å². The first-order chi connectivity index (χ1) is 33.2. The molecule has 10 aromatic rings. The lowest BCUT2D eigenvalue weighted by Gasteiger charge is -2.28. The summed E-state index contributed by atoms with van der Waals surface area (Å²) in [4.78, 5) is 18.3. The molecule has 0 N–H and O–H groups in total. The van der Waals surface area contributed by atoms with Crippen LogP contribution in [0.15, 0.2) is 212 Å². The highest BCUT2D eigenvalue weighted by molar-refractivity contribution is 6.96. The van der Waals surface area contributed by atoms with E-state index in [1.165, 1.54) is 49.8 Å². The third kappa shape index (κ3) is 8.91. The topological polar surface area (TPSA) is 41.9 Å². The van der Waals surface area contributed by atoms with Crippen LogP contribution in [0.1, 0.15) is 33.4 Å². The van der Waals surface area contributed by atoms with Crippen LogP contribution in [-0.2, 0) is 0 Å². The zero-order valence-corrected chi connectivity index (χ0v) is 39.6. The Morgan fingerprint density at radius 3 is 1.32 bits per heavy atom. The minimum Gasteiger partial charge on any atom is -0.278 e. The summed E-state index contributed by atoms with van der Waals surface area (Å²) in [7, 11) is 0. The Bertz CT molecular complexity index is 3280. The van der Waals surface area contributed by atoms with Gasteiger partial charge in [0.2, 0.25) is 12.7 Å². The van der Waals surface area contributed by atoms with E-state index in [0.717, 1.165) is 55.9 Å². The van der Waals surface area contributed by atoms with E-state index in [1.807, 2.05) is 12.1 Å². The molecule has 0 bridgehead atoms. The Kier molecular flexibility index (Phi) is 12.2. The molecule has 1 aromatic heterocycles. The molecule has 0 fully saturated rings. The van der Waals surface area contributed by atoms with Crippen LogP contribution in [0.2, 0.25) is 0 Å². The molecule has 10 rings (SSSR count). The zero-order chi connectivity index (χ0) is 46.7. The van der Waals surface area contributed by atoms with E-state index < -0.39 is 0 Å². The summed E-state index contributed by atoms with van der Waals surface area (Å²) in [5, 5.41) is 0. The molecule has 0 saturated heterocycles. The molecule has 0 saturated carbocycles. The highest BCUT2D eigenvalue weighted by atomic mass is 15.3. The monoisotopic (exact) mass is 876 g/mol. The number of anilines is 3. The van der Waals surface area contributed by atoms with Crippen LogP contribution in [0, 0.1) is 41.5 Å². The number of hydrogen-bond donors (Lipinski definition) is 0. The summed E-state index contributed by atoms with van der Waals surface area (Å²) in [5.41, 5.74) is 22.0. The molecule has 4 nitrogen and oxygen atoms in total. The summed E-state index contributed by atoms with van der Waals surface area (Å²) >= 11 is 0. The fourth-order valence-electron chi connectivity index (χ4n) is 10.1. The summed E-state index contributed by atoms with van der Waals surface area (Å²) in [6.07, 6.45) is 0. The van der Waals surface area contributed by atoms with Crippen LogP contribution in [0.3, 0.4) is 0 Å². The van der Waals surface area contributed by atoms with Crippen LogP contribution in [0.5, 0.6) is 0 Å². The predicted octanol–water partition coefficient (Wildman–Crippen LogP) is 14.0. The maximum atomic E-state index is 5.44. The molecule has 9 aromatic carbocycles. The van der Waals surface area contributed by atoms with Crippen molar-refractivity contribution < 1.29 is 0 Å². The lowest BCUT2D eigenvalue weighted by Crippen LogP contribution is -2.55. The lowest BCUT2D eigenvalue weighted by molar-refractivity contribution is 1.02. The first-order valence-electron chi connectivity index (χ1n) is 23.5. The lowest BCUT2D eigenvalue weighted by atomic mass is 9.34. The molecule has 0 aliphatic rings. The van der Waals surface area contributed by atoms with E-state index in [0.29, 0.717) is 17.6 Å². The summed E-state index contributed by atoms with van der Waals surface area (Å²) < 4.78 is 0. The number of nitrogens with zero attached hydrogens (tertiary/aromatic N) is 4. The van der Waals surface area contributed by atoms with Crippen molar-refractivity contribution in [1.29, 1.82) is 0 Å². The molecular formula is C63H53BN4. The average molecular weight is 877 g/mol. The van der Waals surface area contributed by atoms with Gasteiger partial charge in [0.25, 0.3) is 0 Å². The van der Waals surface area contributed by atoms with Crippen molar-refractivity contribution in [3.8, 4) is 56.2 Å².